The van der Waals surface area contributed by atoms with Crippen LogP contribution in [-0.2, 0) is 28.6 Å². The number of allylic oxidation sites excluding steroid dienone is 4. The second-order valence-corrected chi connectivity index (χ2v) is 9.54. The molecule has 6 nitrogen and oxygen atoms in total. The van der Waals surface area contributed by atoms with E-state index >= 15 is 0 Å². The van der Waals surface area contributed by atoms with E-state index in [-0.39, 0.29) is 13.2 Å². The first kappa shape index (κ1) is 17.7. The van der Waals surface area contributed by atoms with Crippen LogP contribution in [0.1, 0.15) is 25.7 Å². The van der Waals surface area contributed by atoms with Crippen LogP contribution < -0.4 is 0 Å². The second kappa shape index (κ2) is 6.07. The van der Waals surface area contributed by atoms with Gasteiger partial charge < -0.3 is 0 Å². The molecule has 0 aromatic heterocycles. The van der Waals surface area contributed by atoms with Gasteiger partial charge in [0, 0.05) is 10.8 Å². The van der Waals surface area contributed by atoms with Gasteiger partial charge in [0.05, 0.1) is 25.7 Å². The summed E-state index contributed by atoms with van der Waals surface area (Å²) in [6.45, 7) is 0.0707. The van der Waals surface area contributed by atoms with E-state index in [1.807, 2.05) is 24.3 Å². The first-order valence-corrected chi connectivity index (χ1v) is 10.7. The summed E-state index contributed by atoms with van der Waals surface area (Å²) in [5, 5.41) is 0. The van der Waals surface area contributed by atoms with Crippen molar-refractivity contribution >= 4 is 20.2 Å². The number of hydrogen-bond acceptors (Lipinski definition) is 6. The fourth-order valence-electron chi connectivity index (χ4n) is 3.25. The SMILES string of the molecule is CS(=O)(=O)OCC12CC=CCC1(COS(C)(=O)=O)CC=CC2. The molecule has 0 bridgehead atoms. The molecule has 0 saturated carbocycles. The van der Waals surface area contributed by atoms with Crippen LogP contribution in [0.5, 0.6) is 0 Å². The molecule has 0 aliphatic heterocycles. The van der Waals surface area contributed by atoms with Gasteiger partial charge in [-0.05, 0) is 25.7 Å². The monoisotopic (exact) mass is 350 g/mol. The van der Waals surface area contributed by atoms with E-state index in [2.05, 4.69) is 0 Å². The molecule has 2 rings (SSSR count). The molecule has 0 spiro atoms. The highest BCUT2D eigenvalue weighted by Gasteiger charge is 2.52. The Kier molecular flexibility index (Phi) is 4.87. The molecule has 0 aromatic carbocycles. The van der Waals surface area contributed by atoms with Gasteiger partial charge in [-0.15, -0.1) is 0 Å². The predicted molar refractivity (Wildman–Crippen MR) is 83.2 cm³/mol. The minimum absolute atomic E-state index is 0.0354. The summed E-state index contributed by atoms with van der Waals surface area (Å²) < 4.78 is 55.7. The van der Waals surface area contributed by atoms with E-state index in [1.54, 1.807) is 0 Å². The third-order valence-corrected chi connectivity index (χ3v) is 5.68. The van der Waals surface area contributed by atoms with Gasteiger partial charge in [0.2, 0.25) is 0 Å². The van der Waals surface area contributed by atoms with Gasteiger partial charge in [-0.25, -0.2) is 0 Å². The van der Waals surface area contributed by atoms with Crippen molar-refractivity contribution in [3.8, 4) is 0 Å². The van der Waals surface area contributed by atoms with Crippen molar-refractivity contribution in [1.29, 1.82) is 0 Å². The van der Waals surface area contributed by atoms with Crippen LogP contribution in [0.2, 0.25) is 0 Å². The van der Waals surface area contributed by atoms with Gasteiger partial charge in [0.1, 0.15) is 0 Å². The molecule has 0 N–H and O–H groups in total. The van der Waals surface area contributed by atoms with Crippen LogP contribution in [0.3, 0.4) is 0 Å². The molecule has 0 fully saturated rings. The third kappa shape index (κ3) is 3.98. The summed E-state index contributed by atoms with van der Waals surface area (Å²) in [5.41, 5.74) is -0.936. The van der Waals surface area contributed by atoms with Crippen molar-refractivity contribution in [2.75, 3.05) is 25.7 Å². The Balaban J connectivity index is 2.32. The lowest BCUT2D eigenvalue weighted by atomic mass is 9.54. The fraction of sp³-hybridized carbons (Fsp3) is 0.714. The number of rotatable bonds is 6. The maximum absolute atomic E-state index is 11.4. The van der Waals surface area contributed by atoms with Crippen molar-refractivity contribution in [3.05, 3.63) is 24.3 Å². The summed E-state index contributed by atoms with van der Waals surface area (Å²) in [7, 11) is -7.11. The van der Waals surface area contributed by atoms with Gasteiger partial charge in [-0.2, -0.15) is 16.8 Å². The van der Waals surface area contributed by atoms with E-state index < -0.39 is 31.1 Å². The summed E-state index contributed by atoms with van der Waals surface area (Å²) in [4.78, 5) is 0. The fourth-order valence-corrected chi connectivity index (χ4v) is 4.13. The standard InChI is InChI=1S/C14H22O6S2/c1-21(15,16)19-11-13-7-3-5-9-14(13,10-6-4-8-13)12-20-22(2,17)18/h3-6H,7-12H2,1-2H3. The molecule has 126 valence electrons. The topological polar surface area (TPSA) is 86.7 Å². The molecule has 22 heavy (non-hydrogen) atoms. The highest BCUT2D eigenvalue weighted by Crippen LogP contribution is 2.56. The van der Waals surface area contributed by atoms with E-state index in [9.17, 15) is 16.8 Å². The van der Waals surface area contributed by atoms with Crippen LogP contribution >= 0.6 is 0 Å². The quantitative estimate of drug-likeness (QED) is 0.534. The average molecular weight is 350 g/mol. The second-order valence-electron chi connectivity index (χ2n) is 6.25. The van der Waals surface area contributed by atoms with E-state index in [1.165, 1.54) is 0 Å². The molecule has 0 unspecified atom stereocenters. The van der Waals surface area contributed by atoms with Crippen molar-refractivity contribution in [2.24, 2.45) is 10.8 Å². The van der Waals surface area contributed by atoms with Crippen molar-refractivity contribution < 1.29 is 25.2 Å². The number of hydrogen-bond donors (Lipinski definition) is 0. The summed E-state index contributed by atoms with van der Waals surface area (Å²) in [6.07, 6.45) is 12.6. The van der Waals surface area contributed by atoms with Gasteiger partial charge in [-0.1, -0.05) is 24.3 Å². The minimum Gasteiger partial charge on any atom is -0.270 e. The summed E-state index contributed by atoms with van der Waals surface area (Å²) in [5.74, 6) is 0. The van der Waals surface area contributed by atoms with Crippen LogP contribution in [0.15, 0.2) is 24.3 Å². The van der Waals surface area contributed by atoms with Crippen molar-refractivity contribution in [1.82, 2.24) is 0 Å². The molecule has 0 atom stereocenters. The van der Waals surface area contributed by atoms with Gasteiger partial charge in [0.15, 0.2) is 0 Å². The van der Waals surface area contributed by atoms with Gasteiger partial charge in [-0.3, -0.25) is 8.37 Å². The Morgan fingerprint density at radius 1 is 0.727 bits per heavy atom. The predicted octanol–water partition coefficient (Wildman–Crippen LogP) is 1.61. The molecule has 0 heterocycles. The van der Waals surface area contributed by atoms with Crippen LogP contribution in [-0.4, -0.2) is 42.6 Å². The third-order valence-electron chi connectivity index (χ3n) is 4.59. The van der Waals surface area contributed by atoms with Crippen LogP contribution in [0.25, 0.3) is 0 Å². The molecular formula is C14H22O6S2. The Hall–Kier alpha value is -0.700. The zero-order valence-corrected chi connectivity index (χ0v) is 14.5. The zero-order valence-electron chi connectivity index (χ0n) is 12.8. The van der Waals surface area contributed by atoms with Crippen molar-refractivity contribution in [2.45, 2.75) is 25.7 Å². The summed E-state index contributed by atoms with van der Waals surface area (Å²) >= 11 is 0. The molecular weight excluding hydrogens is 328 g/mol. The zero-order chi connectivity index (χ0) is 16.5. The molecule has 0 amide bonds. The summed E-state index contributed by atoms with van der Waals surface area (Å²) in [6, 6.07) is 0. The number of fused-ring (bicyclic) bond motifs is 1. The van der Waals surface area contributed by atoms with E-state index in [0.717, 1.165) is 12.5 Å². The lowest BCUT2D eigenvalue weighted by molar-refractivity contribution is -0.0446. The van der Waals surface area contributed by atoms with E-state index in [4.69, 9.17) is 8.37 Å². The van der Waals surface area contributed by atoms with Crippen molar-refractivity contribution in [3.63, 3.8) is 0 Å². The highest BCUT2D eigenvalue weighted by molar-refractivity contribution is 7.86. The lowest BCUT2D eigenvalue weighted by Crippen LogP contribution is -2.50. The molecule has 0 aromatic rings. The van der Waals surface area contributed by atoms with Gasteiger partial charge >= 0.3 is 0 Å². The Labute approximate surface area is 132 Å². The minimum atomic E-state index is -3.56. The first-order valence-electron chi connectivity index (χ1n) is 7.06. The lowest BCUT2D eigenvalue weighted by Gasteiger charge is -2.52. The Morgan fingerprint density at radius 2 is 1.00 bits per heavy atom. The molecule has 2 aliphatic carbocycles. The van der Waals surface area contributed by atoms with Gasteiger partial charge in [0.25, 0.3) is 20.2 Å². The first-order chi connectivity index (χ1) is 10.1. The molecule has 8 heteroatoms. The smallest absolute Gasteiger partial charge is 0.264 e. The normalized spacial score (nSPS) is 31.9. The maximum Gasteiger partial charge on any atom is 0.264 e. The Bertz CT molecular complexity index is 596. The maximum atomic E-state index is 11.4. The largest absolute Gasteiger partial charge is 0.270 e. The Morgan fingerprint density at radius 3 is 1.23 bits per heavy atom. The average Bonchev–Trinajstić information content (AvgIpc) is 2.42. The molecule has 2 aliphatic rings. The van der Waals surface area contributed by atoms with Crippen LogP contribution in [0, 0.1) is 10.8 Å². The molecule has 0 saturated heterocycles. The van der Waals surface area contributed by atoms with E-state index in [0.29, 0.717) is 25.7 Å². The van der Waals surface area contributed by atoms with Crippen LogP contribution in [0.4, 0.5) is 0 Å². The highest BCUT2D eigenvalue weighted by atomic mass is 32.2. The molecule has 0 radical (unpaired) electrons.